The molecule has 0 aliphatic rings. The van der Waals surface area contributed by atoms with Gasteiger partial charge in [-0.1, -0.05) is 30.4 Å². The molecular formula is C46H48N12O20S6. The van der Waals surface area contributed by atoms with Crippen LogP contribution in [-0.2, 0) is 73.6 Å². The summed E-state index contributed by atoms with van der Waals surface area (Å²) >= 11 is 0. The Morgan fingerprint density at radius 3 is 1.40 bits per heavy atom. The Bertz CT molecular complexity index is 4080. The third kappa shape index (κ3) is 17.9. The highest BCUT2D eigenvalue weighted by atomic mass is 32.2. The lowest BCUT2D eigenvalue weighted by Gasteiger charge is -2.24. The summed E-state index contributed by atoms with van der Waals surface area (Å²) in [4.78, 5) is 23.4. The van der Waals surface area contributed by atoms with Crippen molar-refractivity contribution in [3.8, 4) is 12.1 Å². The summed E-state index contributed by atoms with van der Waals surface area (Å²) < 4.78 is 209. The van der Waals surface area contributed by atoms with E-state index >= 15 is 0 Å². The molecule has 448 valence electrons. The van der Waals surface area contributed by atoms with Gasteiger partial charge in [0.15, 0.2) is 0 Å². The van der Waals surface area contributed by atoms with Gasteiger partial charge < -0.3 is 30.6 Å². The van der Waals surface area contributed by atoms with Gasteiger partial charge in [0.1, 0.15) is 26.3 Å². The highest BCUT2D eigenvalue weighted by molar-refractivity contribution is 7.87. The molecule has 38 heteroatoms. The van der Waals surface area contributed by atoms with Crippen molar-refractivity contribution in [2.45, 2.75) is 81.1 Å². The number of anilines is 6. The Kier molecular flexibility index (Phi) is 20.2. The molecular weight excluding hydrogens is 1230 g/mol. The van der Waals surface area contributed by atoms with E-state index in [4.69, 9.17) is 0 Å². The number of nitriles is 2. The molecule has 6 aromatic rings. The minimum atomic E-state index is -5.19. The van der Waals surface area contributed by atoms with E-state index in [-0.39, 0.29) is 84.9 Å². The summed E-state index contributed by atoms with van der Waals surface area (Å²) in [5, 5.41) is 44.4. The van der Waals surface area contributed by atoms with Gasteiger partial charge in [-0.15, -0.1) is 0 Å². The lowest BCUT2D eigenvalue weighted by atomic mass is 10.1. The second-order valence-corrected chi connectivity index (χ2v) is 26.4. The van der Waals surface area contributed by atoms with Crippen molar-refractivity contribution in [2.24, 2.45) is 0 Å². The van der Waals surface area contributed by atoms with E-state index in [1.54, 1.807) is 0 Å². The van der Waals surface area contributed by atoms with Crippen molar-refractivity contribution in [2.75, 3.05) is 46.6 Å². The third-order valence-electron chi connectivity index (χ3n) is 11.3. The molecule has 2 heterocycles. The zero-order chi connectivity index (χ0) is 62.3. The van der Waals surface area contributed by atoms with E-state index in [0.717, 1.165) is 42.5 Å². The lowest BCUT2D eigenvalue weighted by Crippen LogP contribution is -2.33. The molecule has 32 nitrogen and oxygen atoms in total. The van der Waals surface area contributed by atoms with E-state index in [0.29, 0.717) is 30.3 Å². The van der Waals surface area contributed by atoms with Crippen LogP contribution in [0.1, 0.15) is 60.6 Å². The first-order chi connectivity index (χ1) is 38.9. The van der Waals surface area contributed by atoms with Crippen LogP contribution in [0.3, 0.4) is 0 Å². The number of hydrogen-bond acceptors (Lipinski definition) is 26. The van der Waals surface area contributed by atoms with Crippen LogP contribution in [0.5, 0.6) is 0 Å². The number of nitrogens with one attached hydrogen (secondary N) is 2. The minimum Gasteiger partial charge on any atom is -0.392 e. The predicted octanol–water partition coefficient (Wildman–Crippen LogP) is 2.58. The standard InChI is InChI=1S/C46H48N12O20S6/c1-27(59)25-57(17-3-15-47)45-53-41(51-44(56-45)50-36-24-35(80(64,65)66)12-14-38(36)82(70,71)72)20-29-5-6-30(39(19-29)83(73,74)75)7-8-31-9-10-33(23-40(31)84(76,77)78)49-43-52-42(54-46(55-43)58(18-4-16-48)26-28(2)60)22-32-21-34(79(61,62)63)11-13-37(32)81(67,68)69/h5-14,19,21,23-24,27-28,59-60H,3-4,17-18,20,22,25-26H2,1-2H3,(H,61,62,63)(H,64,65,66)(H,67,68,69)(H,70,71,72)(H,73,74,75)(H,76,77,78)(H,49,52,54,55)(H,50,51,53,56)/b8-7+. The molecule has 2 unspecified atom stereocenters. The first-order valence-electron chi connectivity index (χ1n) is 23.6. The van der Waals surface area contributed by atoms with Gasteiger partial charge in [-0.05, 0) is 90.7 Å². The van der Waals surface area contributed by atoms with Crippen molar-refractivity contribution in [3.63, 3.8) is 0 Å². The predicted molar refractivity (Wildman–Crippen MR) is 294 cm³/mol. The van der Waals surface area contributed by atoms with Gasteiger partial charge in [0.25, 0.3) is 60.7 Å². The molecule has 0 saturated heterocycles. The zero-order valence-corrected chi connectivity index (χ0v) is 48.2. The Morgan fingerprint density at radius 1 is 0.500 bits per heavy atom. The van der Waals surface area contributed by atoms with Crippen LogP contribution in [0.2, 0.25) is 0 Å². The zero-order valence-electron chi connectivity index (χ0n) is 43.3. The average molecular weight is 1280 g/mol. The van der Waals surface area contributed by atoms with Gasteiger partial charge >= 0.3 is 0 Å². The molecule has 4 aromatic carbocycles. The van der Waals surface area contributed by atoms with Gasteiger partial charge in [-0.25, -0.2) is 0 Å². The minimum absolute atomic E-state index is 0.0391. The number of hydrogen-bond donors (Lipinski definition) is 10. The monoisotopic (exact) mass is 1280 g/mol. The molecule has 0 fully saturated rings. The van der Waals surface area contributed by atoms with Gasteiger partial charge in [0.05, 0.1) is 57.6 Å². The molecule has 0 saturated carbocycles. The largest absolute Gasteiger partial charge is 0.392 e. The van der Waals surface area contributed by atoms with Crippen molar-refractivity contribution in [1.82, 2.24) is 29.9 Å². The van der Waals surface area contributed by atoms with Crippen molar-refractivity contribution >= 4 is 108 Å². The fourth-order valence-electron chi connectivity index (χ4n) is 7.82. The number of aliphatic hydroxyl groups excluding tert-OH is 2. The summed E-state index contributed by atoms with van der Waals surface area (Å²) in [6.45, 7) is 2.18. The fraction of sp³-hybridized carbons (Fsp3) is 0.261. The van der Waals surface area contributed by atoms with Crippen molar-refractivity contribution in [3.05, 3.63) is 107 Å². The summed E-state index contributed by atoms with van der Waals surface area (Å²) in [6.07, 6.45) is -1.47. The average Bonchev–Trinajstić information content (AvgIpc) is 3.51. The molecule has 0 aliphatic carbocycles. The summed E-state index contributed by atoms with van der Waals surface area (Å²) in [5.41, 5.74) is -1.82. The number of aliphatic hydroxyl groups is 2. The second kappa shape index (κ2) is 26.0. The first-order valence-corrected chi connectivity index (χ1v) is 32.3. The maximum atomic E-state index is 13.0. The maximum Gasteiger partial charge on any atom is 0.296 e. The van der Waals surface area contributed by atoms with Crippen LogP contribution in [-0.4, -0.2) is 156 Å². The molecule has 84 heavy (non-hydrogen) atoms. The molecule has 2 atom stereocenters. The second-order valence-electron chi connectivity index (χ2n) is 18.0. The highest BCUT2D eigenvalue weighted by Gasteiger charge is 2.26. The molecule has 0 spiro atoms. The van der Waals surface area contributed by atoms with E-state index in [1.165, 1.54) is 35.8 Å². The Balaban J connectivity index is 1.40. The summed E-state index contributed by atoms with van der Waals surface area (Å²) in [6, 6.07) is 14.6. The van der Waals surface area contributed by atoms with Crippen LogP contribution in [0.15, 0.2) is 102 Å². The van der Waals surface area contributed by atoms with E-state index in [9.17, 15) is 98.6 Å². The van der Waals surface area contributed by atoms with Crippen LogP contribution >= 0.6 is 0 Å². The molecule has 2 aromatic heterocycles. The topological polar surface area (TPSA) is 522 Å². The van der Waals surface area contributed by atoms with E-state index in [1.807, 2.05) is 12.1 Å². The number of nitrogens with zero attached hydrogens (tertiary/aromatic N) is 10. The maximum absolute atomic E-state index is 13.0. The fourth-order valence-corrected chi connectivity index (χ4v) is 11.6. The van der Waals surface area contributed by atoms with Gasteiger partial charge in [0.2, 0.25) is 23.8 Å². The SMILES string of the molecule is CC(O)CN(CCC#N)c1nc(Cc2cc(S(=O)(=O)O)ccc2S(=O)(=O)O)nc(Nc2ccc(/C=C/c3ccc(Cc4nc(Nc5cc(S(=O)(=O)O)ccc5S(=O)(=O)O)nc(N(CCC#N)CC(C)O)n4)cc3S(=O)(=O)O)c(S(=O)(=O)O)c2)n1. The summed E-state index contributed by atoms with van der Waals surface area (Å²) in [7, 11) is -30.4. The smallest absolute Gasteiger partial charge is 0.296 e. The molecule has 0 bridgehead atoms. The molecule has 0 aliphatic heterocycles. The molecule has 10 N–H and O–H groups in total. The Morgan fingerprint density at radius 2 is 0.940 bits per heavy atom. The normalized spacial score (nSPS) is 13.2. The Labute approximate surface area is 480 Å². The third-order valence-corrected chi connectivity index (χ3v) is 16.7. The van der Waals surface area contributed by atoms with Crippen molar-refractivity contribution < 1.29 is 88.0 Å². The molecule has 0 radical (unpaired) electrons. The van der Waals surface area contributed by atoms with E-state index < -0.39 is 138 Å². The highest BCUT2D eigenvalue weighted by Crippen LogP contribution is 2.31. The number of aromatic nitrogens is 6. The van der Waals surface area contributed by atoms with Crippen LogP contribution in [0.4, 0.5) is 35.2 Å². The quantitative estimate of drug-likeness (QED) is 0.0275. The van der Waals surface area contributed by atoms with Crippen LogP contribution < -0.4 is 20.4 Å². The lowest BCUT2D eigenvalue weighted by molar-refractivity contribution is 0.199. The first kappa shape index (κ1) is 65.4. The van der Waals surface area contributed by atoms with Crippen LogP contribution in [0, 0.1) is 22.7 Å². The van der Waals surface area contributed by atoms with Crippen molar-refractivity contribution in [1.29, 1.82) is 10.5 Å². The number of benzene rings is 4. The summed E-state index contributed by atoms with van der Waals surface area (Å²) in [5.74, 6) is -2.11. The Hall–Kier alpha value is -7.80. The van der Waals surface area contributed by atoms with Gasteiger partial charge in [-0.2, -0.15) is 90.9 Å². The van der Waals surface area contributed by atoms with Crippen LogP contribution in [0.25, 0.3) is 12.2 Å². The van der Waals surface area contributed by atoms with Gasteiger partial charge in [-0.3, -0.25) is 27.3 Å². The number of rotatable bonds is 26. The van der Waals surface area contributed by atoms with Gasteiger partial charge in [0, 0.05) is 44.7 Å². The molecule has 6 rings (SSSR count). The molecule has 0 amide bonds. The van der Waals surface area contributed by atoms with E-state index in [2.05, 4.69) is 40.5 Å².